The highest BCUT2D eigenvalue weighted by molar-refractivity contribution is 5.89. The van der Waals surface area contributed by atoms with Crippen molar-refractivity contribution in [2.24, 2.45) is 0 Å². The van der Waals surface area contributed by atoms with Crippen molar-refractivity contribution in [2.45, 2.75) is 20.0 Å². The van der Waals surface area contributed by atoms with Crippen LogP contribution in [0, 0.1) is 0 Å². The Morgan fingerprint density at radius 1 is 1.39 bits per heavy atom. The van der Waals surface area contributed by atoms with Crippen molar-refractivity contribution in [3.8, 4) is 0 Å². The molecule has 1 aliphatic rings. The van der Waals surface area contributed by atoms with Crippen molar-refractivity contribution < 1.29 is 14.3 Å². The maximum Gasteiger partial charge on any atom is 0.339 e. The number of hydrogen-bond acceptors (Lipinski definition) is 5. The van der Waals surface area contributed by atoms with Crippen molar-refractivity contribution >= 4 is 11.8 Å². The van der Waals surface area contributed by atoms with Gasteiger partial charge in [0.1, 0.15) is 5.82 Å². The van der Waals surface area contributed by atoms with Crippen LogP contribution in [0.5, 0.6) is 0 Å². The Kier molecular flexibility index (Phi) is 4.15. The predicted octanol–water partition coefficient (Wildman–Crippen LogP) is 1.48. The number of aromatic nitrogens is 1. The fraction of sp³-hybridized carbons (Fsp3) is 0.538. The summed E-state index contributed by atoms with van der Waals surface area (Å²) in [6.45, 7) is 6.77. The number of nitrogens with zero attached hydrogens (tertiary/aromatic N) is 2. The zero-order valence-corrected chi connectivity index (χ0v) is 10.8. The van der Waals surface area contributed by atoms with Crippen LogP contribution in [0.3, 0.4) is 0 Å². The molecule has 1 aliphatic heterocycles. The number of ether oxygens (including phenoxy) is 2. The number of carbonyl (C=O) groups is 1. The van der Waals surface area contributed by atoms with Crippen molar-refractivity contribution in [2.75, 3.05) is 31.2 Å². The maximum atomic E-state index is 11.6. The second-order valence-electron chi connectivity index (χ2n) is 4.46. The summed E-state index contributed by atoms with van der Waals surface area (Å²) in [5.41, 5.74) is 0.487. The summed E-state index contributed by atoms with van der Waals surface area (Å²) in [7, 11) is 0. The van der Waals surface area contributed by atoms with Gasteiger partial charge in [-0.05, 0) is 26.0 Å². The summed E-state index contributed by atoms with van der Waals surface area (Å²) in [5, 5.41) is 0. The lowest BCUT2D eigenvalue weighted by molar-refractivity contribution is 0.0377. The highest BCUT2D eigenvalue weighted by Gasteiger charge is 2.14. The molecular formula is C13H18N2O3. The molecule has 0 N–H and O–H groups in total. The van der Waals surface area contributed by atoms with E-state index in [2.05, 4.69) is 9.88 Å². The Bertz CT molecular complexity index is 397. The van der Waals surface area contributed by atoms with Crippen LogP contribution >= 0.6 is 0 Å². The topological polar surface area (TPSA) is 51.7 Å². The molecule has 0 amide bonds. The van der Waals surface area contributed by atoms with Crippen molar-refractivity contribution in [3.05, 3.63) is 23.9 Å². The Labute approximate surface area is 107 Å². The minimum absolute atomic E-state index is 0.114. The zero-order chi connectivity index (χ0) is 13.0. The molecule has 0 atom stereocenters. The Hall–Kier alpha value is -1.62. The highest BCUT2D eigenvalue weighted by Crippen LogP contribution is 2.13. The molecule has 98 valence electrons. The molecule has 0 radical (unpaired) electrons. The van der Waals surface area contributed by atoms with Gasteiger partial charge in [-0.1, -0.05) is 0 Å². The first-order chi connectivity index (χ1) is 8.66. The summed E-state index contributed by atoms with van der Waals surface area (Å²) in [6.07, 6.45) is 1.45. The molecular weight excluding hydrogens is 232 g/mol. The van der Waals surface area contributed by atoms with Crippen molar-refractivity contribution in [3.63, 3.8) is 0 Å². The Morgan fingerprint density at radius 3 is 2.67 bits per heavy atom. The van der Waals surface area contributed by atoms with E-state index >= 15 is 0 Å². The second kappa shape index (κ2) is 5.82. The molecule has 1 fully saturated rings. The van der Waals surface area contributed by atoms with Crippen LogP contribution in [0.2, 0.25) is 0 Å². The molecule has 0 saturated carbocycles. The molecule has 18 heavy (non-hydrogen) atoms. The summed E-state index contributed by atoms with van der Waals surface area (Å²) in [6, 6.07) is 3.60. The summed E-state index contributed by atoms with van der Waals surface area (Å²) in [4.78, 5) is 18.1. The average molecular weight is 250 g/mol. The molecule has 1 saturated heterocycles. The number of anilines is 1. The molecule has 2 rings (SSSR count). The second-order valence-corrected chi connectivity index (χ2v) is 4.46. The largest absolute Gasteiger partial charge is 0.459 e. The highest BCUT2D eigenvalue weighted by atomic mass is 16.5. The van der Waals surface area contributed by atoms with Crippen LogP contribution in [-0.2, 0) is 9.47 Å². The van der Waals surface area contributed by atoms with E-state index in [9.17, 15) is 4.79 Å². The lowest BCUT2D eigenvalue weighted by Crippen LogP contribution is -2.36. The van der Waals surface area contributed by atoms with E-state index in [-0.39, 0.29) is 12.1 Å². The molecule has 5 nitrogen and oxygen atoms in total. The first-order valence-corrected chi connectivity index (χ1v) is 6.16. The van der Waals surface area contributed by atoms with Gasteiger partial charge >= 0.3 is 5.97 Å². The molecule has 2 heterocycles. The van der Waals surface area contributed by atoms with Crippen molar-refractivity contribution in [1.82, 2.24) is 4.98 Å². The molecule has 1 aromatic heterocycles. The van der Waals surface area contributed by atoms with Gasteiger partial charge in [-0.25, -0.2) is 9.78 Å². The molecule has 1 aromatic rings. The molecule has 0 unspecified atom stereocenters. The van der Waals surface area contributed by atoms with E-state index in [0.717, 1.165) is 32.1 Å². The Morgan fingerprint density at radius 2 is 2.11 bits per heavy atom. The minimum atomic E-state index is -0.328. The Balaban J connectivity index is 2.02. The quantitative estimate of drug-likeness (QED) is 0.761. The molecule has 0 bridgehead atoms. The third kappa shape index (κ3) is 3.20. The van der Waals surface area contributed by atoms with Crippen LogP contribution in [0.15, 0.2) is 18.3 Å². The minimum Gasteiger partial charge on any atom is -0.459 e. The van der Waals surface area contributed by atoms with E-state index in [0.29, 0.717) is 5.56 Å². The van der Waals surface area contributed by atoms with Gasteiger partial charge in [0.25, 0.3) is 0 Å². The van der Waals surface area contributed by atoms with Gasteiger partial charge in [0.05, 0.1) is 24.9 Å². The number of pyridine rings is 1. The lowest BCUT2D eigenvalue weighted by atomic mass is 10.2. The van der Waals surface area contributed by atoms with E-state index in [1.165, 1.54) is 0 Å². The standard InChI is InChI=1S/C13H18N2O3/c1-10(2)18-13(16)11-3-4-12(14-9-11)15-5-7-17-8-6-15/h3-4,9-10H,5-8H2,1-2H3. The lowest BCUT2D eigenvalue weighted by Gasteiger charge is -2.27. The summed E-state index contributed by atoms with van der Waals surface area (Å²) >= 11 is 0. The van der Waals surface area contributed by atoms with Crippen molar-refractivity contribution in [1.29, 1.82) is 0 Å². The van der Waals surface area contributed by atoms with Crippen LogP contribution in [0.25, 0.3) is 0 Å². The number of hydrogen-bond donors (Lipinski definition) is 0. The van der Waals surface area contributed by atoms with E-state index in [4.69, 9.17) is 9.47 Å². The summed E-state index contributed by atoms with van der Waals surface area (Å²) < 4.78 is 10.4. The van der Waals surface area contributed by atoms with Crippen LogP contribution < -0.4 is 4.90 Å². The maximum absolute atomic E-state index is 11.6. The fourth-order valence-electron chi connectivity index (χ4n) is 1.77. The smallest absolute Gasteiger partial charge is 0.339 e. The number of rotatable bonds is 3. The van der Waals surface area contributed by atoms with E-state index < -0.39 is 0 Å². The fourth-order valence-corrected chi connectivity index (χ4v) is 1.77. The van der Waals surface area contributed by atoms with Gasteiger partial charge < -0.3 is 14.4 Å². The molecule has 5 heteroatoms. The van der Waals surface area contributed by atoms with Gasteiger partial charge in [0, 0.05) is 19.3 Å². The molecule has 0 aromatic carbocycles. The van der Waals surface area contributed by atoms with Gasteiger partial charge in [0.2, 0.25) is 0 Å². The summed E-state index contributed by atoms with van der Waals surface area (Å²) in [5.74, 6) is 0.547. The zero-order valence-electron chi connectivity index (χ0n) is 10.8. The first-order valence-electron chi connectivity index (χ1n) is 6.16. The van der Waals surface area contributed by atoms with E-state index in [1.54, 1.807) is 12.3 Å². The van der Waals surface area contributed by atoms with Gasteiger partial charge in [0.15, 0.2) is 0 Å². The number of morpholine rings is 1. The van der Waals surface area contributed by atoms with Gasteiger partial charge in [-0.15, -0.1) is 0 Å². The normalized spacial score (nSPS) is 15.8. The number of esters is 1. The van der Waals surface area contributed by atoms with E-state index in [1.807, 2.05) is 19.9 Å². The van der Waals surface area contributed by atoms with Crippen LogP contribution in [0.4, 0.5) is 5.82 Å². The van der Waals surface area contributed by atoms with Crippen LogP contribution in [0.1, 0.15) is 24.2 Å². The average Bonchev–Trinajstić information content (AvgIpc) is 2.39. The molecule has 0 aliphatic carbocycles. The van der Waals surface area contributed by atoms with Crippen LogP contribution in [-0.4, -0.2) is 43.4 Å². The third-order valence-corrected chi connectivity index (χ3v) is 2.66. The molecule has 0 spiro atoms. The monoisotopic (exact) mass is 250 g/mol. The van der Waals surface area contributed by atoms with Gasteiger partial charge in [-0.2, -0.15) is 0 Å². The number of carbonyl (C=O) groups excluding carboxylic acids is 1. The predicted molar refractivity (Wildman–Crippen MR) is 67.8 cm³/mol. The van der Waals surface area contributed by atoms with Gasteiger partial charge in [-0.3, -0.25) is 0 Å². The third-order valence-electron chi connectivity index (χ3n) is 2.66. The SMILES string of the molecule is CC(C)OC(=O)c1ccc(N2CCOCC2)nc1. The first kappa shape index (κ1) is 12.8.